The number of rotatable bonds is 2. The first-order chi connectivity index (χ1) is 5.52. The van der Waals surface area contributed by atoms with Crippen LogP contribution in [0.15, 0.2) is 10.5 Å². The molecule has 0 spiro atoms. The molecular weight excluding hydrogens is 160 g/mol. The molecule has 0 saturated heterocycles. The lowest BCUT2D eigenvalue weighted by Gasteiger charge is -2.01. The molecule has 0 aliphatic rings. The van der Waals surface area contributed by atoms with E-state index >= 15 is 0 Å². The summed E-state index contributed by atoms with van der Waals surface area (Å²) < 4.78 is 5.06. The number of carbonyl (C=O) groups is 1. The van der Waals surface area contributed by atoms with Gasteiger partial charge in [-0.05, 0) is 19.9 Å². The van der Waals surface area contributed by atoms with Crippen LogP contribution in [0, 0.1) is 13.8 Å². The Morgan fingerprint density at radius 2 is 2.17 bits per heavy atom. The second-order valence-electron chi connectivity index (χ2n) is 2.61. The molecule has 0 aliphatic heterocycles. The summed E-state index contributed by atoms with van der Waals surface area (Å²) >= 11 is 0. The topological polar surface area (TPSA) is 70.7 Å². The highest BCUT2D eigenvalue weighted by Crippen LogP contribution is 2.21. The number of carboxylic acids is 1. The zero-order valence-electron chi connectivity index (χ0n) is 6.87. The molecule has 0 aliphatic carbocycles. The highest BCUT2D eigenvalue weighted by atomic mass is 16.4. The van der Waals surface area contributed by atoms with Crippen molar-refractivity contribution in [2.24, 2.45) is 0 Å². The van der Waals surface area contributed by atoms with Crippen molar-refractivity contribution in [2.45, 2.75) is 20.0 Å². The van der Waals surface area contributed by atoms with Crippen molar-refractivity contribution in [3.63, 3.8) is 0 Å². The molecule has 1 aromatic rings. The summed E-state index contributed by atoms with van der Waals surface area (Å²) in [4.78, 5) is 10.4. The molecule has 4 heteroatoms. The van der Waals surface area contributed by atoms with E-state index in [0.29, 0.717) is 17.1 Å². The second-order valence-corrected chi connectivity index (χ2v) is 2.61. The summed E-state index contributed by atoms with van der Waals surface area (Å²) in [6.45, 7) is 3.32. The molecule has 0 bridgehead atoms. The third-order valence-electron chi connectivity index (χ3n) is 1.61. The summed E-state index contributed by atoms with van der Waals surface area (Å²) in [5.41, 5.74) is 0.319. The average Bonchev–Trinajstić information content (AvgIpc) is 2.28. The van der Waals surface area contributed by atoms with Gasteiger partial charge in [0.25, 0.3) is 0 Å². The Morgan fingerprint density at radius 1 is 1.58 bits per heavy atom. The van der Waals surface area contributed by atoms with Crippen LogP contribution in [0.3, 0.4) is 0 Å². The Hall–Kier alpha value is -1.29. The number of aliphatic hydroxyl groups is 1. The van der Waals surface area contributed by atoms with E-state index in [1.54, 1.807) is 13.8 Å². The molecule has 0 aromatic carbocycles. The van der Waals surface area contributed by atoms with Crippen LogP contribution in [0.1, 0.15) is 23.2 Å². The Labute approximate surface area is 69.4 Å². The standard InChI is InChI=1S/C8H10O4/c1-4-3-6(5(2)12-4)7(9)8(10)11/h3,7,9H,1-2H3,(H,10,11). The molecule has 1 unspecified atom stereocenters. The first-order valence-electron chi connectivity index (χ1n) is 3.50. The molecule has 1 atom stereocenters. The van der Waals surface area contributed by atoms with Crippen molar-refractivity contribution in [2.75, 3.05) is 0 Å². The van der Waals surface area contributed by atoms with Crippen LogP contribution in [0.2, 0.25) is 0 Å². The van der Waals surface area contributed by atoms with E-state index in [2.05, 4.69) is 0 Å². The molecule has 0 saturated carbocycles. The third kappa shape index (κ3) is 1.48. The smallest absolute Gasteiger partial charge is 0.337 e. The normalized spacial score (nSPS) is 12.9. The van der Waals surface area contributed by atoms with Gasteiger partial charge in [0.1, 0.15) is 11.5 Å². The summed E-state index contributed by atoms with van der Waals surface area (Å²) in [7, 11) is 0. The number of furan rings is 1. The molecule has 0 radical (unpaired) electrons. The SMILES string of the molecule is Cc1cc(C(O)C(=O)O)c(C)o1. The number of aryl methyl sites for hydroxylation is 2. The van der Waals surface area contributed by atoms with Gasteiger partial charge < -0.3 is 14.6 Å². The highest BCUT2D eigenvalue weighted by molar-refractivity contribution is 5.74. The van der Waals surface area contributed by atoms with Crippen LogP contribution in [0.5, 0.6) is 0 Å². The van der Waals surface area contributed by atoms with E-state index in [0.717, 1.165) is 0 Å². The van der Waals surface area contributed by atoms with E-state index < -0.39 is 12.1 Å². The van der Waals surface area contributed by atoms with Crippen LogP contribution in [0.4, 0.5) is 0 Å². The Kier molecular flexibility index (Phi) is 2.19. The molecule has 66 valence electrons. The van der Waals surface area contributed by atoms with Crippen molar-refractivity contribution in [1.29, 1.82) is 0 Å². The van der Waals surface area contributed by atoms with Crippen LogP contribution in [-0.2, 0) is 4.79 Å². The van der Waals surface area contributed by atoms with Gasteiger partial charge >= 0.3 is 5.97 Å². The number of hydrogen-bond donors (Lipinski definition) is 2. The molecule has 0 fully saturated rings. The zero-order chi connectivity index (χ0) is 9.30. The minimum atomic E-state index is -1.48. The minimum Gasteiger partial charge on any atom is -0.479 e. The first kappa shape index (κ1) is 8.80. The van der Waals surface area contributed by atoms with Crippen molar-refractivity contribution < 1.29 is 19.4 Å². The molecule has 0 amide bonds. The molecule has 4 nitrogen and oxygen atoms in total. The molecule has 1 aromatic heterocycles. The summed E-state index contributed by atoms with van der Waals surface area (Å²) in [6.07, 6.45) is -1.48. The van der Waals surface area contributed by atoms with Crippen molar-refractivity contribution in [3.8, 4) is 0 Å². The first-order valence-corrected chi connectivity index (χ1v) is 3.50. The lowest BCUT2D eigenvalue weighted by atomic mass is 10.1. The fraction of sp³-hybridized carbons (Fsp3) is 0.375. The van der Waals surface area contributed by atoms with Crippen molar-refractivity contribution >= 4 is 5.97 Å². The fourth-order valence-corrected chi connectivity index (χ4v) is 1.05. The van der Waals surface area contributed by atoms with Gasteiger partial charge in [-0.25, -0.2) is 4.79 Å². The number of hydrogen-bond acceptors (Lipinski definition) is 3. The van der Waals surface area contributed by atoms with Gasteiger partial charge in [-0.2, -0.15) is 0 Å². The molecule has 12 heavy (non-hydrogen) atoms. The van der Waals surface area contributed by atoms with Crippen LogP contribution in [0.25, 0.3) is 0 Å². The van der Waals surface area contributed by atoms with Gasteiger partial charge in [0.05, 0.1) is 0 Å². The lowest BCUT2D eigenvalue weighted by molar-refractivity contribution is -0.147. The zero-order valence-corrected chi connectivity index (χ0v) is 6.87. The summed E-state index contributed by atoms with van der Waals surface area (Å²) in [5, 5.41) is 17.6. The molecular formula is C8H10O4. The van der Waals surface area contributed by atoms with E-state index in [1.165, 1.54) is 6.07 Å². The van der Waals surface area contributed by atoms with Crippen LogP contribution in [-0.4, -0.2) is 16.2 Å². The van der Waals surface area contributed by atoms with Gasteiger partial charge in [0, 0.05) is 5.56 Å². The Morgan fingerprint density at radius 3 is 2.50 bits per heavy atom. The van der Waals surface area contributed by atoms with Crippen LogP contribution >= 0.6 is 0 Å². The van der Waals surface area contributed by atoms with Gasteiger partial charge in [0.15, 0.2) is 6.10 Å². The largest absolute Gasteiger partial charge is 0.479 e. The highest BCUT2D eigenvalue weighted by Gasteiger charge is 2.20. The summed E-state index contributed by atoms with van der Waals surface area (Å²) in [6, 6.07) is 1.52. The Bertz CT molecular complexity index is 300. The van der Waals surface area contributed by atoms with Gasteiger partial charge in [-0.1, -0.05) is 0 Å². The van der Waals surface area contributed by atoms with Gasteiger partial charge in [-0.15, -0.1) is 0 Å². The predicted molar refractivity (Wildman–Crippen MR) is 40.8 cm³/mol. The van der Waals surface area contributed by atoms with Crippen LogP contribution < -0.4 is 0 Å². The number of carboxylic acid groups (broad SMARTS) is 1. The molecule has 1 rings (SSSR count). The van der Waals surface area contributed by atoms with E-state index in [-0.39, 0.29) is 0 Å². The second kappa shape index (κ2) is 2.98. The minimum absolute atomic E-state index is 0.319. The molecule has 1 heterocycles. The van der Waals surface area contributed by atoms with Gasteiger partial charge in [-0.3, -0.25) is 0 Å². The fourth-order valence-electron chi connectivity index (χ4n) is 1.05. The van der Waals surface area contributed by atoms with Crippen molar-refractivity contribution in [1.82, 2.24) is 0 Å². The van der Waals surface area contributed by atoms with Crippen molar-refractivity contribution in [3.05, 3.63) is 23.2 Å². The predicted octanol–water partition coefficient (Wildman–Crippen LogP) is 1.01. The van der Waals surface area contributed by atoms with E-state index in [9.17, 15) is 4.79 Å². The maximum Gasteiger partial charge on any atom is 0.337 e. The van der Waals surface area contributed by atoms with E-state index in [1.807, 2.05) is 0 Å². The average molecular weight is 170 g/mol. The third-order valence-corrected chi connectivity index (χ3v) is 1.61. The Balaban J connectivity index is 3.02. The maximum absolute atomic E-state index is 10.4. The number of aliphatic carboxylic acids is 1. The monoisotopic (exact) mass is 170 g/mol. The summed E-state index contributed by atoms with van der Waals surface area (Å²) in [5.74, 6) is -0.218. The van der Waals surface area contributed by atoms with Gasteiger partial charge in [0.2, 0.25) is 0 Å². The molecule has 2 N–H and O–H groups in total. The lowest BCUT2D eigenvalue weighted by Crippen LogP contribution is -2.10. The number of aliphatic hydroxyl groups excluding tert-OH is 1. The van der Waals surface area contributed by atoms with E-state index in [4.69, 9.17) is 14.6 Å². The quantitative estimate of drug-likeness (QED) is 0.695. The maximum atomic E-state index is 10.4.